The number of hydrogen-bond donors (Lipinski definition) is 2. The predicted octanol–water partition coefficient (Wildman–Crippen LogP) is 4.62. The fourth-order valence-electron chi connectivity index (χ4n) is 9.73. The van der Waals surface area contributed by atoms with Crippen LogP contribution in [0.15, 0.2) is 0 Å². The predicted molar refractivity (Wildman–Crippen MR) is 117 cm³/mol. The lowest BCUT2D eigenvalue weighted by atomic mass is 9.41. The maximum absolute atomic E-state index is 11.8. The molecule has 1 aliphatic heterocycles. The van der Waals surface area contributed by atoms with Gasteiger partial charge in [-0.05, 0) is 91.3 Å². The summed E-state index contributed by atoms with van der Waals surface area (Å²) < 4.78 is 11.8. The second-order valence-corrected chi connectivity index (χ2v) is 12.1. The van der Waals surface area contributed by atoms with Gasteiger partial charge in [-0.25, -0.2) is 0 Å². The first-order chi connectivity index (χ1) is 14.3. The van der Waals surface area contributed by atoms with Crippen molar-refractivity contribution in [1.82, 2.24) is 0 Å². The van der Waals surface area contributed by atoms with E-state index in [1.807, 2.05) is 0 Å². The first-order valence-corrected chi connectivity index (χ1v) is 12.9. The van der Waals surface area contributed by atoms with Gasteiger partial charge in [-0.15, -0.1) is 0 Å². The molecule has 11 atom stereocenters. The van der Waals surface area contributed by atoms with Gasteiger partial charge in [0.25, 0.3) is 0 Å². The van der Waals surface area contributed by atoms with Gasteiger partial charge in [0.15, 0.2) is 6.29 Å². The molecule has 4 heteroatoms. The summed E-state index contributed by atoms with van der Waals surface area (Å²) >= 11 is 0. The summed E-state index contributed by atoms with van der Waals surface area (Å²) in [5, 5.41) is 22.2. The lowest BCUT2D eigenvalue weighted by molar-refractivity contribution is -0.206. The Morgan fingerprint density at radius 1 is 0.900 bits per heavy atom. The van der Waals surface area contributed by atoms with Crippen molar-refractivity contribution < 1.29 is 19.7 Å². The zero-order valence-electron chi connectivity index (χ0n) is 19.6. The van der Waals surface area contributed by atoms with Crippen molar-refractivity contribution >= 4 is 0 Å². The van der Waals surface area contributed by atoms with Crippen LogP contribution in [0.5, 0.6) is 0 Å². The number of aliphatic hydroxyl groups excluding tert-OH is 2. The van der Waals surface area contributed by atoms with Crippen molar-refractivity contribution in [3.05, 3.63) is 0 Å². The average Bonchev–Trinajstić information content (AvgIpc) is 3.37. The minimum absolute atomic E-state index is 0.0373. The second-order valence-electron chi connectivity index (χ2n) is 12.1. The summed E-state index contributed by atoms with van der Waals surface area (Å²) in [6.07, 6.45) is 8.60. The summed E-state index contributed by atoms with van der Waals surface area (Å²) in [6.45, 7) is 11.1. The Balaban J connectivity index is 1.45. The first-order valence-electron chi connectivity index (χ1n) is 12.9. The molecule has 1 saturated heterocycles. The third kappa shape index (κ3) is 2.99. The van der Waals surface area contributed by atoms with E-state index in [4.69, 9.17) is 9.47 Å². The second kappa shape index (κ2) is 7.71. The molecule has 5 fully saturated rings. The maximum Gasteiger partial charge on any atom is 0.160 e. The van der Waals surface area contributed by atoms with E-state index in [1.54, 1.807) is 0 Å². The van der Waals surface area contributed by atoms with Crippen LogP contribution in [0.1, 0.15) is 79.1 Å². The largest absolute Gasteiger partial charge is 0.393 e. The quantitative estimate of drug-likeness (QED) is 0.699. The molecular weight excluding hydrogens is 376 g/mol. The minimum Gasteiger partial charge on any atom is -0.393 e. The Hall–Kier alpha value is -0.160. The van der Waals surface area contributed by atoms with Crippen LogP contribution in [-0.2, 0) is 9.47 Å². The third-order valence-electron chi connectivity index (χ3n) is 11.2. The summed E-state index contributed by atoms with van der Waals surface area (Å²) in [7, 11) is 0. The van der Waals surface area contributed by atoms with E-state index in [2.05, 4.69) is 27.7 Å². The van der Waals surface area contributed by atoms with Crippen LogP contribution < -0.4 is 0 Å². The van der Waals surface area contributed by atoms with Crippen molar-refractivity contribution in [3.63, 3.8) is 0 Å². The Morgan fingerprint density at radius 3 is 2.27 bits per heavy atom. The van der Waals surface area contributed by atoms with Gasteiger partial charge in [-0.1, -0.05) is 34.1 Å². The Morgan fingerprint density at radius 2 is 1.57 bits per heavy atom. The van der Waals surface area contributed by atoms with E-state index >= 15 is 0 Å². The lowest BCUT2D eigenvalue weighted by Crippen LogP contribution is -2.62. The molecule has 4 nitrogen and oxygen atoms in total. The van der Waals surface area contributed by atoms with Gasteiger partial charge in [0.05, 0.1) is 25.4 Å². The van der Waals surface area contributed by atoms with Gasteiger partial charge in [0, 0.05) is 5.92 Å². The highest BCUT2D eigenvalue weighted by molar-refractivity contribution is 5.13. The summed E-state index contributed by atoms with van der Waals surface area (Å²) in [4.78, 5) is 0. The Kier molecular flexibility index (Phi) is 5.57. The first kappa shape index (κ1) is 21.7. The molecule has 1 heterocycles. The molecule has 30 heavy (non-hydrogen) atoms. The molecule has 0 aromatic carbocycles. The van der Waals surface area contributed by atoms with Gasteiger partial charge in [-0.2, -0.15) is 0 Å². The number of ether oxygens (including phenoxy) is 2. The molecule has 4 aliphatic carbocycles. The molecule has 0 amide bonds. The summed E-state index contributed by atoms with van der Waals surface area (Å²) in [5.74, 6) is 3.51. The standard InChI is InChI=1S/C26H44O4/c1-5-17-21-14-16(27)8-10-26(21,4)20-9-11-25(3)18(15(2)24-29-12-13-30-24)6-7-19(25)22(20)23(17)28/h15-24,27-28H,5-14H2,1-4H3/t15-,16+,17+,18+,19?,20?,21?,22?,23+,25+,26+/m0/s1. The van der Waals surface area contributed by atoms with Crippen LogP contribution in [-0.4, -0.2) is 41.9 Å². The van der Waals surface area contributed by atoms with Gasteiger partial charge >= 0.3 is 0 Å². The number of aliphatic hydroxyl groups is 2. The molecule has 0 aromatic rings. The molecule has 4 saturated carbocycles. The Bertz CT molecular complexity index is 633. The van der Waals surface area contributed by atoms with Crippen molar-refractivity contribution in [3.8, 4) is 0 Å². The summed E-state index contributed by atoms with van der Waals surface area (Å²) in [6, 6.07) is 0. The van der Waals surface area contributed by atoms with E-state index in [0.717, 1.165) is 38.9 Å². The normalized spacial score (nSPS) is 55.0. The van der Waals surface area contributed by atoms with Crippen molar-refractivity contribution in [2.24, 2.45) is 52.3 Å². The van der Waals surface area contributed by atoms with Gasteiger partial charge in [0.1, 0.15) is 0 Å². The van der Waals surface area contributed by atoms with Crippen LogP contribution in [0, 0.1) is 52.3 Å². The lowest BCUT2D eigenvalue weighted by Gasteiger charge is -2.64. The monoisotopic (exact) mass is 420 g/mol. The molecule has 0 spiro atoms. The van der Waals surface area contributed by atoms with Gasteiger partial charge in [-0.3, -0.25) is 0 Å². The minimum atomic E-state index is -0.207. The molecular formula is C26H44O4. The highest BCUT2D eigenvalue weighted by Crippen LogP contribution is 2.69. The fourth-order valence-corrected chi connectivity index (χ4v) is 9.73. The van der Waals surface area contributed by atoms with Crippen molar-refractivity contribution in [2.75, 3.05) is 13.2 Å². The van der Waals surface area contributed by atoms with E-state index in [1.165, 1.54) is 25.7 Å². The molecule has 0 aromatic heterocycles. The van der Waals surface area contributed by atoms with Crippen LogP contribution >= 0.6 is 0 Å². The average molecular weight is 421 g/mol. The molecule has 4 unspecified atom stereocenters. The highest BCUT2D eigenvalue weighted by atomic mass is 16.7. The molecule has 0 radical (unpaired) electrons. The van der Waals surface area contributed by atoms with E-state index < -0.39 is 0 Å². The van der Waals surface area contributed by atoms with E-state index in [9.17, 15) is 10.2 Å². The molecule has 2 N–H and O–H groups in total. The summed E-state index contributed by atoms with van der Waals surface area (Å²) in [5.41, 5.74) is 0.569. The van der Waals surface area contributed by atoms with E-state index in [0.29, 0.717) is 41.4 Å². The van der Waals surface area contributed by atoms with Crippen LogP contribution in [0.4, 0.5) is 0 Å². The number of hydrogen-bond acceptors (Lipinski definition) is 4. The van der Waals surface area contributed by atoms with Crippen molar-refractivity contribution in [2.45, 2.75) is 97.6 Å². The molecule has 5 rings (SSSR count). The molecule has 172 valence electrons. The zero-order chi connectivity index (χ0) is 21.3. The smallest absolute Gasteiger partial charge is 0.160 e. The van der Waals surface area contributed by atoms with Crippen LogP contribution in [0.2, 0.25) is 0 Å². The number of fused-ring (bicyclic) bond motifs is 5. The molecule has 0 bridgehead atoms. The van der Waals surface area contributed by atoms with Crippen molar-refractivity contribution in [1.29, 1.82) is 0 Å². The van der Waals surface area contributed by atoms with Gasteiger partial charge < -0.3 is 19.7 Å². The topological polar surface area (TPSA) is 58.9 Å². The maximum atomic E-state index is 11.8. The fraction of sp³-hybridized carbons (Fsp3) is 1.00. The number of rotatable bonds is 3. The van der Waals surface area contributed by atoms with Gasteiger partial charge in [0.2, 0.25) is 0 Å². The Labute approximate surface area is 183 Å². The molecule has 5 aliphatic rings. The zero-order valence-corrected chi connectivity index (χ0v) is 19.6. The highest BCUT2D eigenvalue weighted by Gasteiger charge is 2.65. The van der Waals surface area contributed by atoms with Crippen LogP contribution in [0.25, 0.3) is 0 Å². The third-order valence-corrected chi connectivity index (χ3v) is 11.2. The van der Waals surface area contributed by atoms with E-state index in [-0.39, 0.29) is 29.3 Å². The van der Waals surface area contributed by atoms with Crippen LogP contribution in [0.3, 0.4) is 0 Å². The SMILES string of the molecule is CC[C@@H]1C2C[C@H](O)CC[C@]2(C)C2CC[C@@]3(C)C(CC[C@@H]3[C@H](C)C3OCCO3)C2[C@@H]1O.